The maximum atomic E-state index is 7.06. The van der Waals surface area contributed by atoms with Gasteiger partial charge in [-0.2, -0.15) is 0 Å². The highest BCUT2D eigenvalue weighted by Gasteiger charge is 2.26. The van der Waals surface area contributed by atoms with Crippen molar-refractivity contribution in [3.63, 3.8) is 0 Å². The Bertz CT molecular complexity index is 3150. The number of hydrogen-bond donors (Lipinski definition) is 0. The van der Waals surface area contributed by atoms with Crippen molar-refractivity contribution in [3.8, 4) is 62.2 Å². The highest BCUT2D eigenvalue weighted by atomic mass is 16.3. The van der Waals surface area contributed by atoms with E-state index in [2.05, 4.69) is 102 Å². The summed E-state index contributed by atoms with van der Waals surface area (Å²) in [6, 6.07) is 64.3. The van der Waals surface area contributed by atoms with Gasteiger partial charge in [0.1, 0.15) is 5.69 Å². The Balaban J connectivity index is 1.15. The highest BCUT2D eigenvalue weighted by Crippen LogP contribution is 2.47. The maximum absolute atomic E-state index is 7.06. The maximum Gasteiger partial charge on any atom is 0.213 e. The molecule has 11 rings (SSSR count). The molecule has 0 amide bonds. The first-order valence-corrected chi connectivity index (χ1v) is 18.7. The zero-order valence-corrected chi connectivity index (χ0v) is 30.0. The minimum absolute atomic E-state index is 0.619. The first kappa shape index (κ1) is 31.8. The van der Waals surface area contributed by atoms with E-state index in [9.17, 15) is 0 Å². The summed E-state index contributed by atoms with van der Waals surface area (Å²) in [6.45, 7) is 0. The average Bonchev–Trinajstić information content (AvgIpc) is 3.82. The van der Waals surface area contributed by atoms with Crippen molar-refractivity contribution in [3.05, 3.63) is 188 Å². The van der Waals surface area contributed by atoms with Gasteiger partial charge >= 0.3 is 0 Å². The molecule has 0 saturated carbocycles. The Morgan fingerprint density at radius 2 is 0.893 bits per heavy atom. The molecular formula is C50H31N5O. The topological polar surface area (TPSA) is 69.6 Å². The van der Waals surface area contributed by atoms with E-state index in [-0.39, 0.29) is 0 Å². The Kier molecular flexibility index (Phi) is 7.38. The van der Waals surface area contributed by atoms with E-state index < -0.39 is 0 Å². The lowest BCUT2D eigenvalue weighted by atomic mass is 9.96. The second kappa shape index (κ2) is 13.0. The summed E-state index contributed by atoms with van der Waals surface area (Å²) in [7, 11) is 0. The number of fused-ring (bicyclic) bond motifs is 7. The van der Waals surface area contributed by atoms with Crippen molar-refractivity contribution >= 4 is 43.9 Å². The summed E-state index contributed by atoms with van der Waals surface area (Å²) in [5.74, 6) is 1.89. The largest absolute Gasteiger partial charge is 0.437 e. The lowest BCUT2D eigenvalue weighted by Crippen LogP contribution is -2.00. The van der Waals surface area contributed by atoms with Gasteiger partial charge in [-0.25, -0.2) is 19.9 Å². The number of aromatic nitrogens is 5. The minimum atomic E-state index is 0.619. The standard InChI is InChI=1S/C50H31N5O/c1-5-16-33(17-6-1)45-46-43(39-24-13-14-26-40(39)51-45)44-42-38(25-15-27-41(42)55(50(44)56-46)37-22-11-4-12-23-37)32-28-30-36(31-29-32)49-53-47(34-18-7-2-8-19-34)52-48(54-49)35-20-9-3-10-21-35/h1-31H. The zero-order chi connectivity index (χ0) is 37.0. The monoisotopic (exact) mass is 717 g/mol. The highest BCUT2D eigenvalue weighted by molar-refractivity contribution is 6.30. The molecule has 11 aromatic rings. The quantitative estimate of drug-likeness (QED) is 0.171. The Hall–Kier alpha value is -7.70. The van der Waals surface area contributed by atoms with Crippen molar-refractivity contribution in [1.82, 2.24) is 24.5 Å². The molecule has 56 heavy (non-hydrogen) atoms. The van der Waals surface area contributed by atoms with Crippen LogP contribution >= 0.6 is 0 Å². The molecule has 7 aromatic carbocycles. The van der Waals surface area contributed by atoms with Gasteiger partial charge in [0, 0.05) is 44.1 Å². The van der Waals surface area contributed by atoms with E-state index in [1.807, 2.05) is 91.0 Å². The van der Waals surface area contributed by atoms with Crippen molar-refractivity contribution in [2.24, 2.45) is 0 Å². The van der Waals surface area contributed by atoms with E-state index in [1.165, 1.54) is 0 Å². The number of rotatable bonds is 6. The number of hydrogen-bond acceptors (Lipinski definition) is 5. The van der Waals surface area contributed by atoms with Crippen LogP contribution in [-0.4, -0.2) is 24.5 Å². The third-order valence-corrected chi connectivity index (χ3v) is 10.5. The zero-order valence-electron chi connectivity index (χ0n) is 30.0. The normalized spacial score (nSPS) is 11.6. The van der Waals surface area contributed by atoms with Crippen LogP contribution in [0.3, 0.4) is 0 Å². The number of para-hydroxylation sites is 2. The molecule has 0 spiro atoms. The molecule has 4 heterocycles. The molecule has 0 saturated heterocycles. The van der Waals surface area contributed by atoms with E-state index in [1.54, 1.807) is 0 Å². The summed E-state index contributed by atoms with van der Waals surface area (Å²) in [6.07, 6.45) is 0. The summed E-state index contributed by atoms with van der Waals surface area (Å²) in [5, 5.41) is 4.29. The predicted octanol–water partition coefficient (Wildman–Crippen LogP) is 12.6. The molecule has 0 fully saturated rings. The van der Waals surface area contributed by atoms with Gasteiger partial charge in [-0.15, -0.1) is 0 Å². The lowest BCUT2D eigenvalue weighted by Gasteiger charge is -2.11. The second-order valence-corrected chi connectivity index (χ2v) is 13.8. The van der Waals surface area contributed by atoms with Crippen LogP contribution in [0.2, 0.25) is 0 Å². The summed E-state index contributed by atoms with van der Waals surface area (Å²) < 4.78 is 9.30. The molecule has 0 N–H and O–H groups in total. The van der Waals surface area contributed by atoms with Crippen LogP contribution in [0.1, 0.15) is 0 Å². The van der Waals surface area contributed by atoms with Crippen LogP contribution in [-0.2, 0) is 0 Å². The van der Waals surface area contributed by atoms with E-state index in [0.717, 1.165) is 88.6 Å². The van der Waals surface area contributed by atoms with Gasteiger partial charge in [-0.3, -0.25) is 4.57 Å². The molecule has 6 nitrogen and oxygen atoms in total. The molecule has 0 radical (unpaired) electrons. The van der Waals surface area contributed by atoms with Crippen LogP contribution in [0.25, 0.3) is 106 Å². The molecule has 4 aromatic heterocycles. The Morgan fingerprint density at radius 3 is 1.52 bits per heavy atom. The van der Waals surface area contributed by atoms with Gasteiger partial charge < -0.3 is 4.42 Å². The van der Waals surface area contributed by atoms with Gasteiger partial charge in [0.15, 0.2) is 23.1 Å². The van der Waals surface area contributed by atoms with Crippen LogP contribution in [0.4, 0.5) is 0 Å². The van der Waals surface area contributed by atoms with Crippen molar-refractivity contribution in [2.75, 3.05) is 0 Å². The van der Waals surface area contributed by atoms with Gasteiger partial charge in [-0.05, 0) is 35.4 Å². The summed E-state index contributed by atoms with van der Waals surface area (Å²) in [4.78, 5) is 20.0. The van der Waals surface area contributed by atoms with Crippen molar-refractivity contribution in [2.45, 2.75) is 0 Å². The Labute approximate surface area is 322 Å². The van der Waals surface area contributed by atoms with Crippen LogP contribution < -0.4 is 0 Å². The summed E-state index contributed by atoms with van der Waals surface area (Å²) in [5.41, 5.74) is 11.4. The molecule has 0 aliphatic rings. The third kappa shape index (κ3) is 5.19. The van der Waals surface area contributed by atoms with Crippen LogP contribution in [0.15, 0.2) is 192 Å². The van der Waals surface area contributed by atoms with Crippen LogP contribution in [0.5, 0.6) is 0 Å². The van der Waals surface area contributed by atoms with E-state index in [0.29, 0.717) is 17.5 Å². The molecule has 262 valence electrons. The van der Waals surface area contributed by atoms with Gasteiger partial charge in [0.05, 0.1) is 16.4 Å². The van der Waals surface area contributed by atoms with E-state index >= 15 is 0 Å². The van der Waals surface area contributed by atoms with Gasteiger partial charge in [0.2, 0.25) is 5.71 Å². The molecule has 6 heteroatoms. The average molecular weight is 718 g/mol. The lowest BCUT2D eigenvalue weighted by molar-refractivity contribution is 0.645. The first-order chi connectivity index (χ1) is 27.8. The fraction of sp³-hybridized carbons (Fsp3) is 0. The minimum Gasteiger partial charge on any atom is -0.437 e. The number of pyridine rings is 1. The molecular weight excluding hydrogens is 687 g/mol. The number of furan rings is 1. The van der Waals surface area contributed by atoms with Gasteiger partial charge in [0.25, 0.3) is 0 Å². The van der Waals surface area contributed by atoms with Crippen molar-refractivity contribution in [1.29, 1.82) is 0 Å². The molecule has 0 aliphatic carbocycles. The number of nitrogens with zero attached hydrogens (tertiary/aromatic N) is 5. The fourth-order valence-electron chi connectivity index (χ4n) is 7.89. The predicted molar refractivity (Wildman–Crippen MR) is 226 cm³/mol. The fourth-order valence-corrected chi connectivity index (χ4v) is 7.89. The second-order valence-electron chi connectivity index (χ2n) is 13.8. The van der Waals surface area contributed by atoms with Crippen molar-refractivity contribution < 1.29 is 4.42 Å². The molecule has 0 unspecified atom stereocenters. The summed E-state index contributed by atoms with van der Waals surface area (Å²) >= 11 is 0. The third-order valence-electron chi connectivity index (χ3n) is 10.5. The SMILES string of the molecule is c1ccc(-c2nc(-c3ccccc3)nc(-c3ccc(-c4cccc5c4c4c6c(oc4n5-c4ccccc4)c(-c4ccccc4)nc4ccccc46)cc3)n2)cc1. The molecule has 0 aliphatic heterocycles. The number of benzene rings is 7. The molecule has 0 atom stereocenters. The first-order valence-electron chi connectivity index (χ1n) is 18.7. The van der Waals surface area contributed by atoms with Crippen LogP contribution in [0, 0.1) is 0 Å². The van der Waals surface area contributed by atoms with Gasteiger partial charge in [-0.1, -0.05) is 164 Å². The van der Waals surface area contributed by atoms with E-state index in [4.69, 9.17) is 24.4 Å². The smallest absolute Gasteiger partial charge is 0.213 e. The molecule has 0 bridgehead atoms. The Morgan fingerprint density at radius 1 is 0.375 bits per heavy atom.